The fraction of sp³-hybridized carbons (Fsp3) is 0.182. The van der Waals surface area contributed by atoms with Crippen molar-refractivity contribution in [1.29, 1.82) is 0 Å². The quantitative estimate of drug-likeness (QED) is 0.871. The van der Waals surface area contributed by atoms with Gasteiger partial charge in [0.05, 0.1) is 5.02 Å². The molecule has 2 rings (SSSR count). The highest BCUT2D eigenvalue weighted by Crippen LogP contribution is 2.27. The third kappa shape index (κ3) is 2.40. The molecule has 1 heterocycles. The van der Waals surface area contributed by atoms with Gasteiger partial charge in [0.25, 0.3) is 0 Å². The fourth-order valence-electron chi connectivity index (χ4n) is 1.46. The number of thioether (sulfide) groups is 1. The van der Waals surface area contributed by atoms with Crippen LogP contribution in [-0.2, 0) is 0 Å². The Morgan fingerprint density at radius 3 is 2.94 bits per heavy atom. The number of aromatic nitrogens is 2. The molecule has 0 spiro atoms. The van der Waals surface area contributed by atoms with E-state index in [0.29, 0.717) is 5.82 Å². The van der Waals surface area contributed by atoms with Crippen LogP contribution in [-0.4, -0.2) is 15.5 Å². The minimum atomic E-state index is -0.444. The van der Waals surface area contributed by atoms with E-state index in [4.69, 9.17) is 17.3 Å². The van der Waals surface area contributed by atoms with E-state index in [9.17, 15) is 4.39 Å². The standard InChI is InChI=1S/C11H11ClFN3S/c1-2-17-10-6-9(14)16(15-10)11-7(12)4-3-5-8(11)13/h3-6H,2,14H2,1H3. The van der Waals surface area contributed by atoms with Crippen LogP contribution in [0.5, 0.6) is 0 Å². The molecule has 0 fully saturated rings. The number of benzene rings is 1. The summed E-state index contributed by atoms with van der Waals surface area (Å²) in [6, 6.07) is 6.18. The van der Waals surface area contributed by atoms with E-state index in [2.05, 4.69) is 5.10 Å². The molecule has 90 valence electrons. The van der Waals surface area contributed by atoms with Crippen LogP contribution in [0.15, 0.2) is 29.3 Å². The number of hydrogen-bond donors (Lipinski definition) is 1. The second kappa shape index (κ2) is 4.98. The first-order chi connectivity index (χ1) is 8.13. The van der Waals surface area contributed by atoms with Crippen molar-refractivity contribution in [2.45, 2.75) is 11.9 Å². The maximum Gasteiger partial charge on any atom is 0.150 e. The van der Waals surface area contributed by atoms with Gasteiger partial charge >= 0.3 is 0 Å². The van der Waals surface area contributed by atoms with E-state index >= 15 is 0 Å². The summed E-state index contributed by atoms with van der Waals surface area (Å²) in [7, 11) is 0. The highest BCUT2D eigenvalue weighted by molar-refractivity contribution is 7.99. The van der Waals surface area contributed by atoms with Gasteiger partial charge in [0.15, 0.2) is 0 Å². The fourth-order valence-corrected chi connectivity index (χ4v) is 2.34. The molecule has 0 aliphatic carbocycles. The Labute approximate surface area is 108 Å². The van der Waals surface area contributed by atoms with Gasteiger partial charge in [0, 0.05) is 6.07 Å². The molecule has 2 N–H and O–H groups in total. The van der Waals surface area contributed by atoms with Crippen molar-refractivity contribution < 1.29 is 4.39 Å². The van der Waals surface area contributed by atoms with Crippen LogP contribution < -0.4 is 5.73 Å². The summed E-state index contributed by atoms with van der Waals surface area (Å²) in [6.45, 7) is 2.01. The van der Waals surface area contributed by atoms with Gasteiger partial charge in [0.1, 0.15) is 22.3 Å². The van der Waals surface area contributed by atoms with E-state index in [1.807, 2.05) is 6.92 Å². The molecule has 0 aliphatic heterocycles. The van der Waals surface area contributed by atoms with Crippen molar-refractivity contribution in [3.8, 4) is 5.69 Å². The van der Waals surface area contributed by atoms with E-state index in [1.165, 1.54) is 22.5 Å². The lowest BCUT2D eigenvalue weighted by atomic mass is 10.3. The molecule has 17 heavy (non-hydrogen) atoms. The van der Waals surface area contributed by atoms with Crippen LogP contribution in [0.1, 0.15) is 6.92 Å². The Morgan fingerprint density at radius 2 is 2.29 bits per heavy atom. The Bertz CT molecular complexity index is 521. The Hall–Kier alpha value is -1.20. The number of nitrogens with zero attached hydrogens (tertiary/aromatic N) is 2. The van der Waals surface area contributed by atoms with Crippen LogP contribution in [0.4, 0.5) is 10.2 Å². The number of nitrogens with two attached hydrogens (primary N) is 1. The zero-order chi connectivity index (χ0) is 12.4. The minimum absolute atomic E-state index is 0.189. The number of para-hydroxylation sites is 1. The molecule has 0 unspecified atom stereocenters. The van der Waals surface area contributed by atoms with Crippen molar-refractivity contribution in [3.05, 3.63) is 35.1 Å². The first-order valence-corrected chi connectivity index (χ1v) is 6.42. The molecule has 0 bridgehead atoms. The molecule has 1 aromatic carbocycles. The van der Waals surface area contributed by atoms with Gasteiger partial charge in [-0.2, -0.15) is 5.10 Å². The highest BCUT2D eigenvalue weighted by Gasteiger charge is 2.14. The predicted octanol–water partition coefficient (Wildman–Crippen LogP) is 3.36. The second-order valence-corrected chi connectivity index (χ2v) is 5.01. The summed E-state index contributed by atoms with van der Waals surface area (Å²) in [5.41, 5.74) is 5.99. The summed E-state index contributed by atoms with van der Waals surface area (Å²) in [5, 5.41) is 5.26. The van der Waals surface area contributed by atoms with Crippen LogP contribution in [0.25, 0.3) is 5.69 Å². The van der Waals surface area contributed by atoms with Gasteiger partial charge in [0.2, 0.25) is 0 Å². The van der Waals surface area contributed by atoms with Crippen LogP contribution in [0.3, 0.4) is 0 Å². The third-order valence-corrected chi connectivity index (χ3v) is 3.24. The van der Waals surface area contributed by atoms with Gasteiger partial charge in [-0.1, -0.05) is 24.6 Å². The largest absolute Gasteiger partial charge is 0.384 e. The topological polar surface area (TPSA) is 43.8 Å². The van der Waals surface area contributed by atoms with Gasteiger partial charge in [-0.25, -0.2) is 9.07 Å². The first kappa shape index (κ1) is 12.3. The molecule has 3 nitrogen and oxygen atoms in total. The number of hydrogen-bond acceptors (Lipinski definition) is 3. The molecular formula is C11H11ClFN3S. The number of nitrogen functional groups attached to an aromatic ring is 1. The maximum atomic E-state index is 13.7. The van der Waals surface area contributed by atoms with E-state index in [1.54, 1.807) is 18.2 Å². The second-order valence-electron chi connectivity index (χ2n) is 3.32. The summed E-state index contributed by atoms with van der Waals surface area (Å²) in [4.78, 5) is 0. The van der Waals surface area contributed by atoms with Crippen molar-refractivity contribution >= 4 is 29.2 Å². The average molecular weight is 272 g/mol. The lowest BCUT2D eigenvalue weighted by molar-refractivity contribution is 0.610. The lowest BCUT2D eigenvalue weighted by Crippen LogP contribution is -2.04. The van der Waals surface area contributed by atoms with E-state index in [-0.39, 0.29) is 10.7 Å². The molecule has 6 heteroatoms. The van der Waals surface area contributed by atoms with Crippen molar-refractivity contribution in [1.82, 2.24) is 9.78 Å². The molecule has 1 aromatic heterocycles. The highest BCUT2D eigenvalue weighted by atomic mass is 35.5. The average Bonchev–Trinajstić information content (AvgIpc) is 2.60. The van der Waals surface area contributed by atoms with E-state index in [0.717, 1.165) is 10.8 Å². The minimum Gasteiger partial charge on any atom is -0.384 e. The van der Waals surface area contributed by atoms with Crippen LogP contribution in [0, 0.1) is 5.82 Å². The Kier molecular flexibility index (Phi) is 3.59. The maximum absolute atomic E-state index is 13.7. The van der Waals surface area contributed by atoms with Gasteiger partial charge in [-0.3, -0.25) is 0 Å². The summed E-state index contributed by atoms with van der Waals surface area (Å²) in [6.07, 6.45) is 0. The summed E-state index contributed by atoms with van der Waals surface area (Å²) >= 11 is 7.50. The Balaban J connectivity index is 2.52. The molecule has 2 aromatic rings. The Morgan fingerprint density at radius 1 is 1.53 bits per heavy atom. The molecule has 0 aliphatic rings. The molecular weight excluding hydrogens is 261 g/mol. The van der Waals surface area contributed by atoms with Crippen molar-refractivity contribution in [2.75, 3.05) is 11.5 Å². The predicted molar refractivity (Wildman–Crippen MR) is 69.3 cm³/mol. The number of anilines is 1. The summed E-state index contributed by atoms with van der Waals surface area (Å²) < 4.78 is 15.0. The van der Waals surface area contributed by atoms with Gasteiger partial charge < -0.3 is 5.73 Å². The normalized spacial score (nSPS) is 10.8. The van der Waals surface area contributed by atoms with Crippen molar-refractivity contribution in [2.24, 2.45) is 0 Å². The molecule has 0 amide bonds. The monoisotopic (exact) mass is 271 g/mol. The van der Waals surface area contributed by atoms with Crippen molar-refractivity contribution in [3.63, 3.8) is 0 Å². The van der Waals surface area contributed by atoms with Crippen LogP contribution in [0.2, 0.25) is 5.02 Å². The summed E-state index contributed by atoms with van der Waals surface area (Å²) in [5.74, 6) is 0.801. The SMILES string of the molecule is CCSc1cc(N)n(-c2c(F)cccc2Cl)n1. The molecule has 0 atom stereocenters. The molecule has 0 radical (unpaired) electrons. The number of rotatable bonds is 3. The lowest BCUT2D eigenvalue weighted by Gasteiger charge is -2.07. The third-order valence-electron chi connectivity index (χ3n) is 2.16. The van der Waals surface area contributed by atoms with E-state index < -0.39 is 5.82 Å². The zero-order valence-corrected chi connectivity index (χ0v) is 10.7. The van der Waals surface area contributed by atoms with Gasteiger partial charge in [-0.05, 0) is 17.9 Å². The van der Waals surface area contributed by atoms with Gasteiger partial charge in [-0.15, -0.1) is 11.8 Å². The smallest absolute Gasteiger partial charge is 0.150 e. The number of halogens is 2. The molecule has 0 saturated carbocycles. The van der Waals surface area contributed by atoms with Crippen LogP contribution >= 0.6 is 23.4 Å². The zero-order valence-electron chi connectivity index (χ0n) is 9.15. The molecule has 0 saturated heterocycles. The first-order valence-electron chi connectivity index (χ1n) is 5.06.